The molecule has 0 bridgehead atoms. The van der Waals surface area contributed by atoms with Gasteiger partial charge >= 0.3 is 5.97 Å². The van der Waals surface area contributed by atoms with E-state index in [4.69, 9.17) is 9.84 Å². The van der Waals surface area contributed by atoms with Gasteiger partial charge in [-0.05, 0) is 19.3 Å². The summed E-state index contributed by atoms with van der Waals surface area (Å²) in [5, 5.41) is 18.4. The quantitative estimate of drug-likeness (QED) is 0.581. The normalized spacial score (nSPS) is 45.1. The van der Waals surface area contributed by atoms with Gasteiger partial charge in [0.05, 0.1) is 12.5 Å². The lowest BCUT2D eigenvalue weighted by Crippen LogP contribution is -2.41. The summed E-state index contributed by atoms with van der Waals surface area (Å²) < 4.78 is 5.18. The monoisotopic (exact) mass is 172 g/mol. The van der Waals surface area contributed by atoms with Gasteiger partial charge < -0.3 is 14.9 Å². The third kappa shape index (κ3) is 1.21. The lowest BCUT2D eigenvalue weighted by atomic mass is 9.82. The third-order valence-electron chi connectivity index (χ3n) is 2.67. The van der Waals surface area contributed by atoms with Crippen molar-refractivity contribution in [3.63, 3.8) is 0 Å². The molecule has 4 nitrogen and oxygen atoms in total. The zero-order valence-corrected chi connectivity index (χ0v) is 6.69. The summed E-state index contributed by atoms with van der Waals surface area (Å²) in [6.07, 6.45) is 2.12. The molecule has 1 aliphatic heterocycles. The number of fused-ring (bicyclic) bond motifs is 1. The molecular formula is C8H12O4. The molecule has 0 aromatic heterocycles. The Hall–Kier alpha value is -0.610. The van der Waals surface area contributed by atoms with E-state index in [1.165, 1.54) is 0 Å². The van der Waals surface area contributed by atoms with Gasteiger partial charge in [0.15, 0.2) is 0 Å². The second-order valence-electron chi connectivity index (χ2n) is 3.66. The summed E-state index contributed by atoms with van der Waals surface area (Å²) in [5.41, 5.74) is -1.09. The van der Waals surface area contributed by atoms with Crippen molar-refractivity contribution in [2.45, 2.75) is 43.5 Å². The number of epoxide rings is 1. The summed E-state index contributed by atoms with van der Waals surface area (Å²) in [4.78, 5) is 10.4. The van der Waals surface area contributed by atoms with E-state index in [2.05, 4.69) is 0 Å². The van der Waals surface area contributed by atoms with Crippen molar-refractivity contribution >= 4 is 5.97 Å². The van der Waals surface area contributed by atoms with Crippen LogP contribution in [0.3, 0.4) is 0 Å². The lowest BCUT2D eigenvalue weighted by molar-refractivity contribution is -0.144. The molecule has 1 saturated carbocycles. The van der Waals surface area contributed by atoms with Crippen LogP contribution in [0.4, 0.5) is 0 Å². The Labute approximate surface area is 70.1 Å². The Morgan fingerprint density at radius 3 is 3.08 bits per heavy atom. The molecule has 3 atom stereocenters. The van der Waals surface area contributed by atoms with Crippen molar-refractivity contribution in [1.29, 1.82) is 0 Å². The maximum atomic E-state index is 10.4. The molecule has 2 N–H and O–H groups in total. The molecule has 2 aliphatic rings. The molecule has 4 heteroatoms. The van der Waals surface area contributed by atoms with Gasteiger partial charge in [-0.25, -0.2) is 0 Å². The van der Waals surface area contributed by atoms with E-state index in [1.54, 1.807) is 0 Å². The number of ether oxygens (including phenoxy) is 1. The van der Waals surface area contributed by atoms with Crippen LogP contribution in [0.5, 0.6) is 0 Å². The van der Waals surface area contributed by atoms with Gasteiger partial charge in [-0.1, -0.05) is 0 Å². The first kappa shape index (κ1) is 8.01. The average molecular weight is 172 g/mol. The standard InChI is InChI=1S/C8H12O4/c9-6(10)4-8(11)3-1-2-5-7(8)12-5/h5,7,11H,1-4H2,(H,9,10). The summed E-state index contributed by atoms with van der Waals surface area (Å²) in [5.74, 6) is -0.950. The zero-order valence-electron chi connectivity index (χ0n) is 6.69. The van der Waals surface area contributed by atoms with Gasteiger partial charge in [0, 0.05) is 0 Å². The number of aliphatic hydroxyl groups is 1. The number of carboxylic acids is 1. The van der Waals surface area contributed by atoms with E-state index >= 15 is 0 Å². The van der Waals surface area contributed by atoms with Crippen LogP contribution in [-0.4, -0.2) is 34.0 Å². The molecule has 0 aromatic carbocycles. The van der Waals surface area contributed by atoms with Gasteiger partial charge in [0.2, 0.25) is 0 Å². The first-order chi connectivity index (χ1) is 5.62. The fourth-order valence-corrected chi connectivity index (χ4v) is 2.04. The Morgan fingerprint density at radius 2 is 2.42 bits per heavy atom. The molecule has 2 fully saturated rings. The van der Waals surface area contributed by atoms with Gasteiger partial charge in [0.25, 0.3) is 0 Å². The second-order valence-corrected chi connectivity index (χ2v) is 3.66. The number of aliphatic carboxylic acids is 1. The smallest absolute Gasteiger partial charge is 0.306 e. The summed E-state index contributed by atoms with van der Waals surface area (Å²) in [6.45, 7) is 0. The van der Waals surface area contributed by atoms with Crippen LogP contribution in [-0.2, 0) is 9.53 Å². The molecule has 0 spiro atoms. The summed E-state index contributed by atoms with van der Waals surface area (Å²) in [7, 11) is 0. The van der Waals surface area contributed by atoms with Crippen molar-refractivity contribution in [1.82, 2.24) is 0 Å². The van der Waals surface area contributed by atoms with Crippen molar-refractivity contribution in [2.75, 3.05) is 0 Å². The number of hydrogen-bond acceptors (Lipinski definition) is 3. The van der Waals surface area contributed by atoms with Crippen molar-refractivity contribution in [2.24, 2.45) is 0 Å². The predicted octanol–water partition coefficient (Wildman–Crippen LogP) is 0.143. The highest BCUT2D eigenvalue weighted by Gasteiger charge is 2.56. The molecule has 3 unspecified atom stereocenters. The minimum absolute atomic E-state index is 0.128. The fourth-order valence-electron chi connectivity index (χ4n) is 2.04. The average Bonchev–Trinajstić information content (AvgIpc) is 2.64. The number of hydrogen-bond donors (Lipinski definition) is 2. The van der Waals surface area contributed by atoms with Crippen molar-refractivity contribution in [3.8, 4) is 0 Å². The molecule has 2 rings (SSSR count). The van der Waals surface area contributed by atoms with Gasteiger partial charge in [-0.2, -0.15) is 0 Å². The number of carbonyl (C=O) groups is 1. The van der Waals surface area contributed by atoms with E-state index in [0.29, 0.717) is 6.42 Å². The van der Waals surface area contributed by atoms with Crippen LogP contribution in [0, 0.1) is 0 Å². The Morgan fingerprint density at radius 1 is 1.67 bits per heavy atom. The van der Waals surface area contributed by atoms with Crippen LogP contribution in [0.15, 0.2) is 0 Å². The van der Waals surface area contributed by atoms with Crippen LogP contribution < -0.4 is 0 Å². The van der Waals surface area contributed by atoms with Crippen LogP contribution in [0.2, 0.25) is 0 Å². The van der Waals surface area contributed by atoms with Crippen molar-refractivity contribution < 1.29 is 19.7 Å². The van der Waals surface area contributed by atoms with E-state index in [-0.39, 0.29) is 18.6 Å². The van der Waals surface area contributed by atoms with E-state index in [0.717, 1.165) is 12.8 Å². The molecule has 1 saturated heterocycles. The SMILES string of the molecule is O=C(O)CC1(O)CCCC2OC21. The minimum Gasteiger partial charge on any atom is -0.481 e. The Kier molecular flexibility index (Phi) is 1.63. The van der Waals surface area contributed by atoms with E-state index in [1.807, 2.05) is 0 Å². The topological polar surface area (TPSA) is 70.1 Å². The number of rotatable bonds is 2. The summed E-state index contributed by atoms with van der Waals surface area (Å²) in [6, 6.07) is 0. The van der Waals surface area contributed by atoms with E-state index in [9.17, 15) is 9.90 Å². The Bertz CT molecular complexity index is 215. The van der Waals surface area contributed by atoms with Crippen LogP contribution in [0.25, 0.3) is 0 Å². The van der Waals surface area contributed by atoms with Gasteiger partial charge in [-0.15, -0.1) is 0 Å². The zero-order chi connectivity index (χ0) is 8.77. The van der Waals surface area contributed by atoms with Crippen molar-refractivity contribution in [3.05, 3.63) is 0 Å². The maximum absolute atomic E-state index is 10.4. The van der Waals surface area contributed by atoms with Crippen LogP contribution >= 0.6 is 0 Å². The molecule has 0 aromatic rings. The summed E-state index contributed by atoms with van der Waals surface area (Å²) >= 11 is 0. The van der Waals surface area contributed by atoms with Gasteiger partial charge in [0.1, 0.15) is 11.7 Å². The van der Waals surface area contributed by atoms with Crippen LogP contribution in [0.1, 0.15) is 25.7 Å². The molecule has 12 heavy (non-hydrogen) atoms. The second kappa shape index (κ2) is 2.44. The maximum Gasteiger partial charge on any atom is 0.306 e. The molecule has 68 valence electrons. The number of carboxylic acid groups (broad SMARTS) is 1. The molecule has 1 aliphatic carbocycles. The molecule has 0 radical (unpaired) electrons. The highest BCUT2D eigenvalue weighted by molar-refractivity contribution is 5.68. The first-order valence-corrected chi connectivity index (χ1v) is 4.21. The first-order valence-electron chi connectivity index (χ1n) is 4.21. The van der Waals surface area contributed by atoms with Gasteiger partial charge in [-0.3, -0.25) is 4.79 Å². The Balaban J connectivity index is 2.03. The third-order valence-corrected chi connectivity index (χ3v) is 2.67. The minimum atomic E-state index is -1.09. The predicted molar refractivity (Wildman–Crippen MR) is 39.7 cm³/mol. The molecule has 0 amide bonds. The largest absolute Gasteiger partial charge is 0.481 e. The highest BCUT2D eigenvalue weighted by Crippen LogP contribution is 2.44. The highest BCUT2D eigenvalue weighted by atomic mass is 16.6. The lowest BCUT2D eigenvalue weighted by Gasteiger charge is -2.27. The molecule has 1 heterocycles. The van der Waals surface area contributed by atoms with E-state index < -0.39 is 11.6 Å². The fraction of sp³-hybridized carbons (Fsp3) is 0.875. The molecular weight excluding hydrogens is 160 g/mol.